The van der Waals surface area contributed by atoms with Crippen molar-refractivity contribution in [3.05, 3.63) is 25.7 Å². The molecule has 0 unspecified atom stereocenters. The zero-order valence-corrected chi connectivity index (χ0v) is 9.27. The fourth-order valence-electron chi connectivity index (χ4n) is 1.66. The molecule has 1 aliphatic rings. The minimum atomic E-state index is 0.331. The van der Waals surface area contributed by atoms with Crippen molar-refractivity contribution < 1.29 is 14.9 Å². The fraction of sp³-hybridized carbons (Fsp3) is 0.667. The standard InChI is InChI=1S/C8H16O2.C4H6O/c9-5-7-1-2-8(6-10)4-3-7;1-3-5-4-2/h7-10H,1-6H2;3-4H,1-2H2/t7-,8-;. The molecule has 0 bridgehead atoms. The van der Waals surface area contributed by atoms with Gasteiger partial charge in [0.25, 0.3) is 0 Å². The Morgan fingerprint density at radius 2 is 1.27 bits per heavy atom. The molecule has 1 saturated carbocycles. The fourth-order valence-corrected chi connectivity index (χ4v) is 1.66. The van der Waals surface area contributed by atoms with Gasteiger partial charge in [0.2, 0.25) is 0 Å². The van der Waals surface area contributed by atoms with Gasteiger partial charge < -0.3 is 14.9 Å². The molecular weight excluding hydrogens is 192 g/mol. The molecule has 0 spiro atoms. The van der Waals surface area contributed by atoms with Crippen molar-refractivity contribution in [3.63, 3.8) is 0 Å². The molecular formula is C12H22O3. The van der Waals surface area contributed by atoms with Crippen molar-refractivity contribution in [1.82, 2.24) is 0 Å². The van der Waals surface area contributed by atoms with E-state index in [2.05, 4.69) is 17.9 Å². The van der Waals surface area contributed by atoms with Crippen LogP contribution >= 0.6 is 0 Å². The van der Waals surface area contributed by atoms with E-state index >= 15 is 0 Å². The first-order valence-corrected chi connectivity index (χ1v) is 5.37. The molecule has 0 atom stereocenters. The van der Waals surface area contributed by atoms with Crippen LogP contribution in [0.2, 0.25) is 0 Å². The SMILES string of the molecule is C=COC=C.OC[C@H]1CC[C@H](CO)CC1. The summed E-state index contributed by atoms with van der Waals surface area (Å²) in [5, 5.41) is 17.6. The van der Waals surface area contributed by atoms with Gasteiger partial charge in [0.1, 0.15) is 0 Å². The Labute approximate surface area is 92.1 Å². The molecule has 3 nitrogen and oxygen atoms in total. The summed E-state index contributed by atoms with van der Waals surface area (Å²) in [4.78, 5) is 0. The third-order valence-electron chi connectivity index (χ3n) is 2.68. The molecule has 0 radical (unpaired) electrons. The van der Waals surface area contributed by atoms with Crippen molar-refractivity contribution in [3.8, 4) is 0 Å². The molecule has 88 valence electrons. The van der Waals surface area contributed by atoms with E-state index in [0.29, 0.717) is 25.0 Å². The van der Waals surface area contributed by atoms with E-state index in [1.54, 1.807) is 0 Å². The monoisotopic (exact) mass is 214 g/mol. The van der Waals surface area contributed by atoms with Gasteiger partial charge >= 0.3 is 0 Å². The highest BCUT2D eigenvalue weighted by atomic mass is 16.5. The van der Waals surface area contributed by atoms with Gasteiger partial charge in [-0.25, -0.2) is 0 Å². The molecule has 0 heterocycles. The minimum absolute atomic E-state index is 0.331. The van der Waals surface area contributed by atoms with E-state index in [1.165, 1.54) is 12.5 Å². The second-order valence-electron chi connectivity index (χ2n) is 3.72. The second kappa shape index (κ2) is 9.74. The Morgan fingerprint density at radius 3 is 1.40 bits per heavy atom. The molecule has 0 aromatic heterocycles. The van der Waals surface area contributed by atoms with Gasteiger partial charge in [-0.2, -0.15) is 0 Å². The van der Waals surface area contributed by atoms with Crippen LogP contribution in [0.4, 0.5) is 0 Å². The quantitative estimate of drug-likeness (QED) is 0.704. The van der Waals surface area contributed by atoms with Crippen LogP contribution in [0.1, 0.15) is 25.7 Å². The number of hydrogen-bond donors (Lipinski definition) is 2. The summed E-state index contributed by atoms with van der Waals surface area (Å²) in [6.07, 6.45) is 7.02. The van der Waals surface area contributed by atoms with Crippen LogP contribution in [0, 0.1) is 11.8 Å². The predicted molar refractivity (Wildman–Crippen MR) is 61.1 cm³/mol. The second-order valence-corrected chi connectivity index (χ2v) is 3.72. The number of hydrogen-bond acceptors (Lipinski definition) is 3. The maximum absolute atomic E-state index is 8.79. The number of aliphatic hydroxyl groups excluding tert-OH is 2. The normalized spacial score (nSPS) is 24.7. The van der Waals surface area contributed by atoms with Gasteiger partial charge in [0.05, 0.1) is 12.5 Å². The third-order valence-corrected chi connectivity index (χ3v) is 2.68. The van der Waals surface area contributed by atoms with Gasteiger partial charge in [-0.1, -0.05) is 13.2 Å². The molecule has 1 rings (SSSR count). The van der Waals surface area contributed by atoms with Gasteiger partial charge in [-0.05, 0) is 37.5 Å². The first-order chi connectivity index (χ1) is 7.28. The van der Waals surface area contributed by atoms with Crippen molar-refractivity contribution in [1.29, 1.82) is 0 Å². The summed E-state index contributed by atoms with van der Waals surface area (Å²) in [7, 11) is 0. The summed E-state index contributed by atoms with van der Waals surface area (Å²) in [6, 6.07) is 0. The Morgan fingerprint density at radius 1 is 0.933 bits per heavy atom. The molecule has 0 aromatic carbocycles. The highest BCUT2D eigenvalue weighted by Gasteiger charge is 2.19. The molecule has 3 heteroatoms. The van der Waals surface area contributed by atoms with Crippen molar-refractivity contribution in [2.24, 2.45) is 11.8 Å². The first-order valence-electron chi connectivity index (χ1n) is 5.37. The lowest BCUT2D eigenvalue weighted by Gasteiger charge is -2.25. The lowest BCUT2D eigenvalue weighted by molar-refractivity contribution is 0.131. The average Bonchev–Trinajstić information content (AvgIpc) is 2.31. The molecule has 0 amide bonds. The molecule has 0 aromatic rings. The number of ether oxygens (including phenoxy) is 1. The van der Waals surface area contributed by atoms with E-state index < -0.39 is 0 Å². The molecule has 0 aliphatic heterocycles. The Balaban J connectivity index is 0.000000336. The molecule has 15 heavy (non-hydrogen) atoms. The molecule has 1 aliphatic carbocycles. The zero-order chi connectivity index (χ0) is 11.5. The smallest absolute Gasteiger partial charge is 0.0829 e. The lowest BCUT2D eigenvalue weighted by atomic mass is 9.83. The molecule has 0 saturated heterocycles. The van der Waals surface area contributed by atoms with Crippen molar-refractivity contribution >= 4 is 0 Å². The lowest BCUT2D eigenvalue weighted by Crippen LogP contribution is -2.19. The molecule has 1 fully saturated rings. The third kappa shape index (κ3) is 7.17. The van der Waals surface area contributed by atoms with Crippen molar-refractivity contribution in [2.75, 3.05) is 13.2 Å². The predicted octanol–water partition coefficient (Wildman–Crippen LogP) is 2.07. The van der Waals surface area contributed by atoms with Crippen LogP contribution in [-0.4, -0.2) is 23.4 Å². The van der Waals surface area contributed by atoms with Gasteiger partial charge in [-0.15, -0.1) is 0 Å². The molecule has 2 N–H and O–H groups in total. The van der Waals surface area contributed by atoms with Crippen LogP contribution < -0.4 is 0 Å². The first kappa shape index (κ1) is 14.2. The van der Waals surface area contributed by atoms with E-state index in [-0.39, 0.29) is 0 Å². The van der Waals surface area contributed by atoms with Crippen LogP contribution in [0.25, 0.3) is 0 Å². The highest BCUT2D eigenvalue weighted by molar-refractivity contribution is 4.70. The van der Waals surface area contributed by atoms with Crippen molar-refractivity contribution in [2.45, 2.75) is 25.7 Å². The van der Waals surface area contributed by atoms with E-state index in [1.807, 2.05) is 0 Å². The summed E-state index contributed by atoms with van der Waals surface area (Å²) < 4.78 is 4.36. The maximum atomic E-state index is 8.79. The summed E-state index contributed by atoms with van der Waals surface area (Å²) in [5.74, 6) is 1.03. The van der Waals surface area contributed by atoms with Crippen LogP contribution in [0.5, 0.6) is 0 Å². The minimum Gasteiger partial charge on any atom is -0.474 e. The van der Waals surface area contributed by atoms with Crippen LogP contribution in [0.3, 0.4) is 0 Å². The van der Waals surface area contributed by atoms with Crippen LogP contribution in [-0.2, 0) is 4.74 Å². The van der Waals surface area contributed by atoms with Gasteiger partial charge in [0.15, 0.2) is 0 Å². The Bertz CT molecular complexity index is 142. The van der Waals surface area contributed by atoms with E-state index in [9.17, 15) is 0 Å². The average molecular weight is 214 g/mol. The van der Waals surface area contributed by atoms with Gasteiger partial charge in [0, 0.05) is 13.2 Å². The maximum Gasteiger partial charge on any atom is 0.0829 e. The van der Waals surface area contributed by atoms with E-state index in [0.717, 1.165) is 25.7 Å². The highest BCUT2D eigenvalue weighted by Crippen LogP contribution is 2.27. The summed E-state index contributed by atoms with van der Waals surface area (Å²) in [6.45, 7) is 7.18. The zero-order valence-electron chi connectivity index (χ0n) is 9.27. The van der Waals surface area contributed by atoms with E-state index in [4.69, 9.17) is 10.2 Å². The number of rotatable bonds is 4. The Kier molecular flexibility index (Phi) is 9.22. The van der Waals surface area contributed by atoms with Crippen LogP contribution in [0.15, 0.2) is 25.7 Å². The van der Waals surface area contributed by atoms with Gasteiger partial charge in [-0.3, -0.25) is 0 Å². The Hall–Kier alpha value is -0.800. The summed E-state index contributed by atoms with van der Waals surface area (Å²) >= 11 is 0. The summed E-state index contributed by atoms with van der Waals surface area (Å²) in [5.41, 5.74) is 0. The largest absolute Gasteiger partial charge is 0.474 e. The number of aliphatic hydroxyl groups is 2. The topological polar surface area (TPSA) is 49.7 Å².